The number of carbonyl (C=O) groups excluding carboxylic acids is 1. The lowest BCUT2D eigenvalue weighted by atomic mass is 10.0. The Hall–Kier alpha value is -3.07. The fourth-order valence-electron chi connectivity index (χ4n) is 4.32. The largest absolute Gasteiger partial charge is 0.372 e. The highest BCUT2D eigenvalue weighted by molar-refractivity contribution is 6.31. The molecule has 3 aromatic heterocycles. The fourth-order valence-corrected chi connectivity index (χ4v) is 4.79. The van der Waals surface area contributed by atoms with E-state index in [1.54, 1.807) is 35.1 Å². The Morgan fingerprint density at radius 3 is 2.62 bits per heavy atom. The average Bonchev–Trinajstić information content (AvgIpc) is 3.46. The molecule has 1 aliphatic carbocycles. The molecule has 0 atom stereocenters. The van der Waals surface area contributed by atoms with Crippen LogP contribution in [0.1, 0.15) is 51.6 Å². The maximum absolute atomic E-state index is 13.6. The molecule has 1 fully saturated rings. The predicted octanol–water partition coefficient (Wildman–Crippen LogP) is 4.82. The van der Waals surface area contributed by atoms with Crippen LogP contribution in [0.25, 0.3) is 10.9 Å². The van der Waals surface area contributed by atoms with Crippen molar-refractivity contribution in [1.82, 2.24) is 24.7 Å². The van der Waals surface area contributed by atoms with Gasteiger partial charge in [-0.15, -0.1) is 0 Å². The molecule has 0 saturated heterocycles. The van der Waals surface area contributed by atoms with E-state index in [1.807, 2.05) is 18.2 Å². The van der Waals surface area contributed by atoms with Gasteiger partial charge in [0, 0.05) is 42.4 Å². The zero-order valence-corrected chi connectivity index (χ0v) is 19.8. The lowest BCUT2D eigenvalue weighted by Gasteiger charge is -2.23. The lowest BCUT2D eigenvalue weighted by molar-refractivity contribution is 0.0982. The highest BCUT2D eigenvalue weighted by Crippen LogP contribution is 2.37. The van der Waals surface area contributed by atoms with Gasteiger partial charge in [0.25, 0.3) is 5.91 Å². The molecule has 0 unspecified atom stereocenters. The zero-order valence-electron chi connectivity index (χ0n) is 18.3. The molecule has 8 nitrogen and oxygen atoms in total. The number of anilines is 1. The maximum atomic E-state index is 13.6. The normalized spacial score (nSPS) is 15.0. The standard InChI is InChI=1S/C24H20Cl2N6O2/c1-31-21(7-20(25)30-31)32(24(33)15-8-27-23(28-9-15)14-3-4-14)10-13-2-5-16-17-11-34-12-18(17)22(26)29-19(16)6-13/h2,5-9,14H,3-4,10-12H2,1H3. The van der Waals surface area contributed by atoms with Crippen molar-refractivity contribution >= 4 is 45.8 Å². The molecule has 34 heavy (non-hydrogen) atoms. The van der Waals surface area contributed by atoms with Gasteiger partial charge in [-0.05, 0) is 30.0 Å². The number of halogens is 2. The molecule has 1 aromatic carbocycles. The third kappa shape index (κ3) is 3.81. The first-order valence-electron chi connectivity index (χ1n) is 11.0. The van der Waals surface area contributed by atoms with E-state index in [4.69, 9.17) is 27.9 Å². The van der Waals surface area contributed by atoms with Crippen molar-refractivity contribution in [1.29, 1.82) is 0 Å². The van der Waals surface area contributed by atoms with Crippen LogP contribution in [0.2, 0.25) is 10.3 Å². The minimum absolute atomic E-state index is 0.240. The van der Waals surface area contributed by atoms with Crippen molar-refractivity contribution in [3.8, 4) is 0 Å². The van der Waals surface area contributed by atoms with E-state index in [2.05, 4.69) is 20.1 Å². The number of hydrogen-bond donors (Lipinski definition) is 0. The van der Waals surface area contributed by atoms with Gasteiger partial charge in [-0.1, -0.05) is 35.3 Å². The van der Waals surface area contributed by atoms with Crippen LogP contribution >= 0.6 is 23.2 Å². The van der Waals surface area contributed by atoms with Gasteiger partial charge in [0.05, 0.1) is 30.8 Å². The molecule has 10 heteroatoms. The van der Waals surface area contributed by atoms with Gasteiger partial charge in [-0.2, -0.15) is 5.10 Å². The van der Waals surface area contributed by atoms with E-state index in [1.165, 1.54) is 0 Å². The van der Waals surface area contributed by atoms with Gasteiger partial charge in [-0.3, -0.25) is 14.4 Å². The van der Waals surface area contributed by atoms with Crippen LogP contribution in [-0.4, -0.2) is 30.6 Å². The van der Waals surface area contributed by atoms with E-state index in [9.17, 15) is 4.79 Å². The number of nitrogens with zero attached hydrogens (tertiary/aromatic N) is 6. The summed E-state index contributed by atoms with van der Waals surface area (Å²) in [4.78, 5) is 28.6. The zero-order chi connectivity index (χ0) is 23.4. The van der Waals surface area contributed by atoms with Gasteiger partial charge in [0.15, 0.2) is 5.15 Å². The quantitative estimate of drug-likeness (QED) is 0.369. The van der Waals surface area contributed by atoms with E-state index in [0.29, 0.717) is 40.8 Å². The summed E-state index contributed by atoms with van der Waals surface area (Å²) in [6.45, 7) is 1.27. The van der Waals surface area contributed by atoms with Gasteiger partial charge in [-0.25, -0.2) is 15.0 Å². The van der Waals surface area contributed by atoms with Gasteiger partial charge < -0.3 is 4.74 Å². The van der Waals surface area contributed by atoms with Crippen LogP contribution < -0.4 is 4.90 Å². The summed E-state index contributed by atoms with van der Waals surface area (Å²) >= 11 is 12.5. The van der Waals surface area contributed by atoms with Gasteiger partial charge in [0.1, 0.15) is 16.8 Å². The maximum Gasteiger partial charge on any atom is 0.262 e. The Labute approximate surface area is 205 Å². The number of pyridine rings is 1. The van der Waals surface area contributed by atoms with Gasteiger partial charge >= 0.3 is 0 Å². The molecule has 6 rings (SSSR count). The summed E-state index contributed by atoms with van der Waals surface area (Å²) in [5.74, 6) is 1.53. The number of rotatable bonds is 5. The minimum Gasteiger partial charge on any atom is -0.372 e. The summed E-state index contributed by atoms with van der Waals surface area (Å²) < 4.78 is 7.15. The number of aryl methyl sites for hydroxylation is 1. The van der Waals surface area contributed by atoms with Crippen LogP contribution in [0.5, 0.6) is 0 Å². The van der Waals surface area contributed by atoms with Crippen molar-refractivity contribution in [2.75, 3.05) is 4.90 Å². The Kier molecular flexibility index (Phi) is 5.24. The van der Waals surface area contributed by atoms with Crippen LogP contribution in [0.15, 0.2) is 36.7 Å². The molecule has 0 radical (unpaired) electrons. The highest BCUT2D eigenvalue weighted by Gasteiger charge is 2.28. The highest BCUT2D eigenvalue weighted by atomic mass is 35.5. The molecule has 0 N–H and O–H groups in total. The third-order valence-electron chi connectivity index (χ3n) is 6.26. The summed E-state index contributed by atoms with van der Waals surface area (Å²) in [5.41, 5.74) is 4.06. The fraction of sp³-hybridized carbons (Fsp3) is 0.292. The molecule has 4 aromatic rings. The van der Waals surface area contributed by atoms with Crippen molar-refractivity contribution in [3.63, 3.8) is 0 Å². The van der Waals surface area contributed by atoms with Crippen molar-refractivity contribution in [2.45, 2.75) is 38.5 Å². The molecule has 0 spiro atoms. The number of aromatic nitrogens is 5. The number of carbonyl (C=O) groups is 1. The predicted molar refractivity (Wildman–Crippen MR) is 128 cm³/mol. The number of benzene rings is 1. The third-order valence-corrected chi connectivity index (χ3v) is 6.76. The summed E-state index contributed by atoms with van der Waals surface area (Å²) in [7, 11) is 1.75. The van der Waals surface area contributed by atoms with E-state index in [0.717, 1.165) is 46.3 Å². The second-order valence-corrected chi connectivity index (χ2v) is 9.39. The summed E-state index contributed by atoms with van der Waals surface area (Å²) in [5, 5.41) is 5.97. The first-order chi connectivity index (χ1) is 16.5. The molecule has 2 aliphatic rings. The van der Waals surface area contributed by atoms with E-state index in [-0.39, 0.29) is 12.5 Å². The molecule has 0 bridgehead atoms. The van der Waals surface area contributed by atoms with Gasteiger partial charge in [0.2, 0.25) is 0 Å². The SMILES string of the molecule is Cn1nc(Cl)cc1N(Cc1ccc2c3c(c(Cl)nc2c1)COC3)C(=O)c1cnc(C2CC2)nc1. The number of hydrogen-bond acceptors (Lipinski definition) is 6. The average molecular weight is 495 g/mol. The molecular formula is C24H20Cl2N6O2. The number of amides is 1. The number of fused-ring (bicyclic) bond motifs is 3. The lowest BCUT2D eigenvalue weighted by Crippen LogP contribution is -2.32. The van der Waals surface area contributed by atoms with Crippen molar-refractivity contribution in [2.24, 2.45) is 7.05 Å². The molecule has 1 saturated carbocycles. The molecule has 172 valence electrons. The second-order valence-electron chi connectivity index (χ2n) is 8.65. The molecule has 1 amide bonds. The number of ether oxygens (including phenoxy) is 1. The summed E-state index contributed by atoms with van der Waals surface area (Å²) in [6, 6.07) is 7.61. The smallest absolute Gasteiger partial charge is 0.262 e. The summed E-state index contributed by atoms with van der Waals surface area (Å²) in [6.07, 6.45) is 5.39. The second kappa shape index (κ2) is 8.30. The molecule has 4 heterocycles. The first kappa shape index (κ1) is 21.5. The van der Waals surface area contributed by atoms with Crippen LogP contribution in [-0.2, 0) is 31.5 Å². The first-order valence-corrected chi connectivity index (χ1v) is 11.7. The molecule has 1 aliphatic heterocycles. The van der Waals surface area contributed by atoms with E-state index >= 15 is 0 Å². The Balaban J connectivity index is 1.37. The van der Waals surface area contributed by atoms with Crippen LogP contribution in [0, 0.1) is 0 Å². The molecular weight excluding hydrogens is 475 g/mol. The van der Waals surface area contributed by atoms with Crippen molar-refractivity contribution in [3.05, 3.63) is 75.0 Å². The van der Waals surface area contributed by atoms with Crippen LogP contribution in [0.3, 0.4) is 0 Å². The van der Waals surface area contributed by atoms with Crippen molar-refractivity contribution < 1.29 is 9.53 Å². The van der Waals surface area contributed by atoms with E-state index < -0.39 is 0 Å². The Bertz CT molecular complexity index is 1430. The Morgan fingerprint density at radius 2 is 1.91 bits per heavy atom. The Morgan fingerprint density at radius 1 is 1.15 bits per heavy atom. The topological polar surface area (TPSA) is 86.0 Å². The monoisotopic (exact) mass is 494 g/mol. The minimum atomic E-state index is -0.240. The van der Waals surface area contributed by atoms with Crippen LogP contribution in [0.4, 0.5) is 5.82 Å².